The number of ether oxygens (including phenoxy) is 1. The average molecular weight is 194 g/mol. The third-order valence-corrected chi connectivity index (χ3v) is 2.64. The van der Waals surface area contributed by atoms with Crippen LogP contribution in [-0.4, -0.2) is 17.3 Å². The van der Waals surface area contributed by atoms with Crippen molar-refractivity contribution in [2.45, 2.75) is 25.0 Å². The minimum Gasteiger partial charge on any atom is -0.507 e. The van der Waals surface area contributed by atoms with E-state index in [2.05, 4.69) is 0 Å². The maximum atomic E-state index is 9.87. The molecule has 0 aliphatic heterocycles. The van der Waals surface area contributed by atoms with E-state index in [4.69, 9.17) is 4.74 Å². The van der Waals surface area contributed by atoms with Crippen LogP contribution in [0.5, 0.6) is 5.75 Å². The predicted octanol–water partition coefficient (Wildman–Crippen LogP) is 1.52. The lowest BCUT2D eigenvalue weighted by molar-refractivity contribution is 0.145. The smallest absolute Gasteiger partial charge is 0.127 e. The van der Waals surface area contributed by atoms with Crippen LogP contribution in [0.25, 0.3) is 0 Å². The first-order valence-electron chi connectivity index (χ1n) is 4.70. The summed E-state index contributed by atoms with van der Waals surface area (Å²) in [6.07, 6.45) is 1.47. The Morgan fingerprint density at radius 3 is 2.71 bits per heavy atom. The van der Waals surface area contributed by atoms with Gasteiger partial charge < -0.3 is 14.9 Å². The molecule has 1 aliphatic rings. The molecule has 2 N–H and O–H groups in total. The molecule has 0 spiro atoms. The Morgan fingerprint density at radius 2 is 2.14 bits per heavy atom. The third kappa shape index (κ3) is 1.49. The van der Waals surface area contributed by atoms with Crippen LogP contribution >= 0.6 is 0 Å². The first kappa shape index (κ1) is 9.49. The molecule has 0 unspecified atom stereocenters. The van der Waals surface area contributed by atoms with Crippen molar-refractivity contribution in [3.8, 4) is 5.75 Å². The van der Waals surface area contributed by atoms with E-state index in [0.29, 0.717) is 12.2 Å². The number of methoxy groups -OCH3 is 1. The number of phenols is 1. The van der Waals surface area contributed by atoms with Crippen molar-refractivity contribution >= 4 is 0 Å². The summed E-state index contributed by atoms with van der Waals surface area (Å²) in [4.78, 5) is 0. The second-order valence-electron chi connectivity index (χ2n) is 3.78. The fourth-order valence-electron chi connectivity index (χ4n) is 1.63. The molecule has 14 heavy (non-hydrogen) atoms. The Labute approximate surface area is 83.0 Å². The fourth-order valence-corrected chi connectivity index (χ4v) is 1.63. The molecule has 1 saturated carbocycles. The molecule has 0 radical (unpaired) electrons. The van der Waals surface area contributed by atoms with Crippen molar-refractivity contribution in [2.24, 2.45) is 0 Å². The van der Waals surface area contributed by atoms with Gasteiger partial charge in [-0.1, -0.05) is 18.2 Å². The first-order valence-corrected chi connectivity index (χ1v) is 4.70. The number of rotatable bonds is 3. The fraction of sp³-hybridized carbons (Fsp3) is 0.455. The zero-order chi connectivity index (χ0) is 10.2. The van der Waals surface area contributed by atoms with Crippen LogP contribution in [0.3, 0.4) is 0 Å². The van der Waals surface area contributed by atoms with Gasteiger partial charge in [-0.2, -0.15) is 0 Å². The van der Waals surface area contributed by atoms with E-state index in [1.165, 1.54) is 0 Å². The van der Waals surface area contributed by atoms with Crippen LogP contribution in [0.2, 0.25) is 0 Å². The Hall–Kier alpha value is -1.06. The van der Waals surface area contributed by atoms with E-state index in [-0.39, 0.29) is 5.75 Å². The molecule has 2 rings (SSSR count). The Morgan fingerprint density at radius 1 is 1.43 bits per heavy atom. The van der Waals surface area contributed by atoms with Gasteiger partial charge in [-0.25, -0.2) is 0 Å². The molecule has 0 saturated heterocycles. The molecule has 76 valence electrons. The third-order valence-electron chi connectivity index (χ3n) is 2.64. The van der Waals surface area contributed by atoms with Gasteiger partial charge in [-0.05, 0) is 12.8 Å². The molecule has 0 bridgehead atoms. The minimum atomic E-state index is -0.784. The molecule has 3 nitrogen and oxygen atoms in total. The molecular formula is C11H14O3. The molecule has 0 heterocycles. The van der Waals surface area contributed by atoms with Crippen molar-refractivity contribution in [1.82, 2.24) is 0 Å². The van der Waals surface area contributed by atoms with Gasteiger partial charge in [0.05, 0.1) is 12.2 Å². The van der Waals surface area contributed by atoms with Gasteiger partial charge in [-0.15, -0.1) is 0 Å². The number of hydrogen-bond donors (Lipinski definition) is 2. The number of phenolic OH excluding ortho intramolecular Hbond substituents is 1. The summed E-state index contributed by atoms with van der Waals surface area (Å²) in [5, 5.41) is 19.7. The monoisotopic (exact) mass is 194 g/mol. The van der Waals surface area contributed by atoms with Gasteiger partial charge in [0.2, 0.25) is 0 Å². The van der Waals surface area contributed by atoms with Crippen LogP contribution in [0.4, 0.5) is 0 Å². The van der Waals surface area contributed by atoms with Crippen molar-refractivity contribution < 1.29 is 14.9 Å². The standard InChI is InChI=1S/C11H14O3/c1-14-7-8-3-2-4-9(10(8)12)11(13)5-6-11/h2-4,12-13H,5-7H2,1H3. The predicted molar refractivity (Wildman–Crippen MR) is 52.0 cm³/mol. The summed E-state index contributed by atoms with van der Waals surface area (Å²) in [7, 11) is 1.58. The number of aromatic hydroxyl groups is 1. The van der Waals surface area contributed by atoms with E-state index in [9.17, 15) is 10.2 Å². The number of hydrogen-bond acceptors (Lipinski definition) is 3. The van der Waals surface area contributed by atoms with Crippen LogP contribution < -0.4 is 0 Å². The van der Waals surface area contributed by atoms with Crippen LogP contribution in [0.1, 0.15) is 24.0 Å². The van der Waals surface area contributed by atoms with E-state index < -0.39 is 5.60 Å². The summed E-state index contributed by atoms with van der Waals surface area (Å²) in [6.45, 7) is 0.371. The topological polar surface area (TPSA) is 49.7 Å². The number of para-hydroxylation sites is 1. The zero-order valence-electron chi connectivity index (χ0n) is 8.16. The van der Waals surface area contributed by atoms with Crippen LogP contribution in [0, 0.1) is 0 Å². The quantitative estimate of drug-likeness (QED) is 0.767. The lowest BCUT2D eigenvalue weighted by Crippen LogP contribution is -2.05. The molecular weight excluding hydrogens is 180 g/mol. The summed E-state index contributed by atoms with van der Waals surface area (Å²) in [6, 6.07) is 5.40. The van der Waals surface area contributed by atoms with Crippen molar-refractivity contribution in [3.05, 3.63) is 29.3 Å². The SMILES string of the molecule is COCc1cccc(C2(O)CC2)c1O. The first-order chi connectivity index (χ1) is 6.67. The highest BCUT2D eigenvalue weighted by atomic mass is 16.5. The second kappa shape index (κ2) is 3.26. The normalized spacial score (nSPS) is 18.1. The van der Waals surface area contributed by atoms with Gasteiger partial charge >= 0.3 is 0 Å². The minimum absolute atomic E-state index is 0.175. The molecule has 0 aromatic heterocycles. The van der Waals surface area contributed by atoms with Gasteiger partial charge in [0.15, 0.2) is 0 Å². The van der Waals surface area contributed by atoms with E-state index in [0.717, 1.165) is 18.4 Å². The summed E-state index contributed by atoms with van der Waals surface area (Å²) >= 11 is 0. The van der Waals surface area contributed by atoms with Crippen LogP contribution in [-0.2, 0) is 16.9 Å². The van der Waals surface area contributed by atoms with E-state index in [1.807, 2.05) is 6.07 Å². The van der Waals surface area contributed by atoms with Crippen molar-refractivity contribution in [3.63, 3.8) is 0 Å². The van der Waals surface area contributed by atoms with Gasteiger partial charge in [0.1, 0.15) is 5.75 Å². The largest absolute Gasteiger partial charge is 0.507 e. The maximum absolute atomic E-state index is 9.87. The molecule has 0 atom stereocenters. The van der Waals surface area contributed by atoms with Crippen molar-refractivity contribution in [2.75, 3.05) is 7.11 Å². The molecule has 1 fully saturated rings. The lowest BCUT2D eigenvalue weighted by atomic mass is 10.0. The highest BCUT2D eigenvalue weighted by Crippen LogP contribution is 2.49. The lowest BCUT2D eigenvalue weighted by Gasteiger charge is -2.13. The van der Waals surface area contributed by atoms with Crippen LogP contribution in [0.15, 0.2) is 18.2 Å². The number of aliphatic hydroxyl groups is 1. The highest BCUT2D eigenvalue weighted by Gasteiger charge is 2.44. The van der Waals surface area contributed by atoms with E-state index >= 15 is 0 Å². The molecule has 3 heteroatoms. The van der Waals surface area contributed by atoms with Crippen molar-refractivity contribution in [1.29, 1.82) is 0 Å². The molecule has 1 aliphatic carbocycles. The molecule has 1 aromatic carbocycles. The Balaban J connectivity index is 2.37. The van der Waals surface area contributed by atoms with Gasteiger partial charge in [-0.3, -0.25) is 0 Å². The molecule has 1 aromatic rings. The summed E-state index contributed by atoms with van der Waals surface area (Å²) in [5.74, 6) is 0.175. The molecule has 0 amide bonds. The second-order valence-corrected chi connectivity index (χ2v) is 3.78. The summed E-state index contributed by atoms with van der Waals surface area (Å²) < 4.78 is 4.96. The van der Waals surface area contributed by atoms with Gasteiger partial charge in [0.25, 0.3) is 0 Å². The zero-order valence-corrected chi connectivity index (χ0v) is 8.16. The van der Waals surface area contributed by atoms with E-state index in [1.54, 1.807) is 19.2 Å². The Bertz CT molecular complexity index is 342. The maximum Gasteiger partial charge on any atom is 0.127 e. The Kier molecular flexibility index (Phi) is 2.21. The van der Waals surface area contributed by atoms with Gasteiger partial charge in [0, 0.05) is 18.2 Å². The summed E-state index contributed by atoms with van der Waals surface area (Å²) in [5.41, 5.74) is 0.575. The average Bonchev–Trinajstić information content (AvgIpc) is 2.89. The number of benzene rings is 1. The highest BCUT2D eigenvalue weighted by molar-refractivity contribution is 5.45.